The third-order valence-electron chi connectivity index (χ3n) is 3.77. The van der Waals surface area contributed by atoms with Crippen molar-refractivity contribution < 1.29 is 10.0 Å². The molecular formula is C16H21N3O3S. The highest BCUT2D eigenvalue weighted by atomic mass is 32.1. The number of nitro groups is 1. The SMILES string of the molecule is Cc1nc(C(C)(C)NCC(O)c2cccc([N+](=O)[O-])c2)sc1C. The number of rotatable bonds is 6. The number of aliphatic hydroxyl groups excluding tert-OH is 1. The van der Waals surface area contributed by atoms with Gasteiger partial charge in [-0.3, -0.25) is 10.1 Å². The van der Waals surface area contributed by atoms with E-state index in [1.54, 1.807) is 23.5 Å². The fourth-order valence-corrected chi connectivity index (χ4v) is 3.12. The molecule has 2 aromatic rings. The van der Waals surface area contributed by atoms with Crippen molar-refractivity contribution in [3.63, 3.8) is 0 Å². The lowest BCUT2D eigenvalue weighted by Crippen LogP contribution is -2.39. The van der Waals surface area contributed by atoms with Gasteiger partial charge in [-0.2, -0.15) is 0 Å². The van der Waals surface area contributed by atoms with Gasteiger partial charge in [-0.1, -0.05) is 12.1 Å². The normalized spacial score (nSPS) is 13.1. The molecule has 0 spiro atoms. The van der Waals surface area contributed by atoms with Crippen LogP contribution in [-0.4, -0.2) is 21.6 Å². The first kappa shape index (κ1) is 17.5. The zero-order chi connectivity index (χ0) is 17.2. The van der Waals surface area contributed by atoms with Crippen LogP contribution < -0.4 is 5.32 Å². The predicted molar refractivity (Wildman–Crippen MR) is 90.7 cm³/mol. The van der Waals surface area contributed by atoms with Crippen molar-refractivity contribution >= 4 is 17.0 Å². The molecule has 1 heterocycles. The van der Waals surface area contributed by atoms with E-state index in [2.05, 4.69) is 10.3 Å². The summed E-state index contributed by atoms with van der Waals surface area (Å²) in [6.07, 6.45) is -0.823. The first-order valence-corrected chi connectivity index (χ1v) is 8.14. The standard InChI is InChI=1S/C16H21N3O3S/c1-10-11(2)23-15(18-10)16(3,4)17-9-14(20)12-6-5-7-13(8-12)19(21)22/h5-8,14,17,20H,9H2,1-4H3. The number of aromatic nitrogens is 1. The van der Waals surface area contributed by atoms with E-state index in [-0.39, 0.29) is 17.8 Å². The smallest absolute Gasteiger partial charge is 0.269 e. The summed E-state index contributed by atoms with van der Waals surface area (Å²) in [6.45, 7) is 8.30. The van der Waals surface area contributed by atoms with Gasteiger partial charge in [0, 0.05) is 23.6 Å². The van der Waals surface area contributed by atoms with Crippen LogP contribution in [0.1, 0.15) is 41.1 Å². The van der Waals surface area contributed by atoms with Crippen LogP contribution in [0.5, 0.6) is 0 Å². The number of nitro benzene ring substituents is 1. The highest BCUT2D eigenvalue weighted by Gasteiger charge is 2.25. The first-order valence-electron chi connectivity index (χ1n) is 7.32. The van der Waals surface area contributed by atoms with Gasteiger partial charge in [0.25, 0.3) is 5.69 Å². The maximum Gasteiger partial charge on any atom is 0.269 e. The second-order valence-corrected chi connectivity index (χ2v) is 7.24. The second kappa shape index (κ2) is 6.74. The molecule has 0 amide bonds. The van der Waals surface area contributed by atoms with Crippen molar-refractivity contribution in [2.24, 2.45) is 0 Å². The number of nitrogens with zero attached hydrogens (tertiary/aromatic N) is 2. The monoisotopic (exact) mass is 335 g/mol. The summed E-state index contributed by atoms with van der Waals surface area (Å²) >= 11 is 1.63. The second-order valence-electron chi connectivity index (χ2n) is 6.03. The molecule has 124 valence electrons. The van der Waals surface area contributed by atoms with E-state index in [1.165, 1.54) is 17.0 Å². The topological polar surface area (TPSA) is 88.3 Å². The Balaban J connectivity index is 2.07. The number of benzene rings is 1. The summed E-state index contributed by atoms with van der Waals surface area (Å²) in [4.78, 5) is 16.1. The summed E-state index contributed by atoms with van der Waals surface area (Å²) in [5.41, 5.74) is 1.13. The minimum atomic E-state index is -0.823. The van der Waals surface area contributed by atoms with Gasteiger partial charge in [0.15, 0.2) is 0 Å². The summed E-state index contributed by atoms with van der Waals surface area (Å²) in [7, 11) is 0. The third kappa shape index (κ3) is 4.13. The molecule has 1 unspecified atom stereocenters. The minimum Gasteiger partial charge on any atom is -0.387 e. The Hall–Kier alpha value is -1.83. The summed E-state index contributed by atoms with van der Waals surface area (Å²) in [5, 5.41) is 25.4. The summed E-state index contributed by atoms with van der Waals surface area (Å²) < 4.78 is 0. The fourth-order valence-electron chi connectivity index (χ4n) is 2.13. The molecule has 7 heteroatoms. The van der Waals surface area contributed by atoms with Crippen LogP contribution in [0.2, 0.25) is 0 Å². The zero-order valence-corrected chi connectivity index (χ0v) is 14.5. The molecule has 0 fully saturated rings. The molecule has 2 rings (SSSR count). The van der Waals surface area contributed by atoms with Crippen LogP contribution in [0.25, 0.3) is 0 Å². The van der Waals surface area contributed by atoms with Crippen LogP contribution in [0.15, 0.2) is 24.3 Å². The van der Waals surface area contributed by atoms with Crippen LogP contribution >= 0.6 is 11.3 Å². The summed E-state index contributed by atoms with van der Waals surface area (Å²) in [6, 6.07) is 6.07. The Morgan fingerprint density at radius 3 is 2.70 bits per heavy atom. The van der Waals surface area contributed by atoms with Crippen LogP contribution in [-0.2, 0) is 5.54 Å². The Morgan fingerprint density at radius 1 is 1.43 bits per heavy atom. The highest BCUT2D eigenvalue weighted by Crippen LogP contribution is 2.28. The maximum atomic E-state index is 10.8. The quantitative estimate of drug-likeness (QED) is 0.625. The number of non-ortho nitro benzene ring substituents is 1. The van der Waals surface area contributed by atoms with E-state index < -0.39 is 11.0 Å². The lowest BCUT2D eigenvalue weighted by Gasteiger charge is -2.25. The number of aliphatic hydroxyl groups is 1. The number of hydrogen-bond donors (Lipinski definition) is 2. The maximum absolute atomic E-state index is 10.8. The van der Waals surface area contributed by atoms with Gasteiger partial charge >= 0.3 is 0 Å². The largest absolute Gasteiger partial charge is 0.387 e. The van der Waals surface area contributed by atoms with Crippen LogP contribution in [0.4, 0.5) is 5.69 Å². The lowest BCUT2D eigenvalue weighted by molar-refractivity contribution is -0.385. The summed E-state index contributed by atoms with van der Waals surface area (Å²) in [5.74, 6) is 0. The van der Waals surface area contributed by atoms with E-state index in [4.69, 9.17) is 0 Å². The van der Waals surface area contributed by atoms with Crippen molar-refractivity contribution in [3.05, 3.63) is 55.5 Å². The number of hydrogen-bond acceptors (Lipinski definition) is 6. The van der Waals surface area contributed by atoms with Gasteiger partial charge in [0.05, 0.1) is 22.3 Å². The van der Waals surface area contributed by atoms with E-state index in [9.17, 15) is 15.2 Å². The molecule has 0 saturated heterocycles. The first-order chi connectivity index (χ1) is 10.7. The van der Waals surface area contributed by atoms with E-state index >= 15 is 0 Å². The molecule has 23 heavy (non-hydrogen) atoms. The van der Waals surface area contributed by atoms with Crippen molar-refractivity contribution in [2.75, 3.05) is 6.54 Å². The van der Waals surface area contributed by atoms with Crippen LogP contribution in [0, 0.1) is 24.0 Å². The minimum absolute atomic E-state index is 0.0213. The van der Waals surface area contributed by atoms with Crippen molar-refractivity contribution in [1.82, 2.24) is 10.3 Å². The Labute approximate surface area is 139 Å². The molecule has 2 N–H and O–H groups in total. The Kier molecular flexibility index (Phi) is 5.13. The molecule has 0 bridgehead atoms. The molecule has 0 radical (unpaired) electrons. The molecule has 0 aliphatic carbocycles. The average molecular weight is 335 g/mol. The average Bonchev–Trinajstić information content (AvgIpc) is 2.85. The molecule has 1 aromatic heterocycles. The molecule has 0 saturated carbocycles. The molecule has 0 aliphatic heterocycles. The van der Waals surface area contributed by atoms with Gasteiger partial charge in [-0.15, -0.1) is 11.3 Å². The lowest BCUT2D eigenvalue weighted by atomic mass is 10.0. The molecular weight excluding hydrogens is 314 g/mol. The molecule has 1 aromatic carbocycles. The molecule has 1 atom stereocenters. The Bertz CT molecular complexity index is 693. The van der Waals surface area contributed by atoms with E-state index in [1.807, 2.05) is 27.7 Å². The van der Waals surface area contributed by atoms with Crippen molar-refractivity contribution in [2.45, 2.75) is 39.3 Å². The zero-order valence-electron chi connectivity index (χ0n) is 13.7. The molecule has 6 nitrogen and oxygen atoms in total. The van der Waals surface area contributed by atoms with E-state index in [0.717, 1.165) is 10.7 Å². The van der Waals surface area contributed by atoms with Crippen molar-refractivity contribution in [1.29, 1.82) is 0 Å². The predicted octanol–water partition coefficient (Wildman–Crippen LogP) is 3.23. The Morgan fingerprint density at radius 2 is 2.13 bits per heavy atom. The third-order valence-corrected chi connectivity index (χ3v) is 5.16. The molecule has 0 aliphatic rings. The fraction of sp³-hybridized carbons (Fsp3) is 0.438. The van der Waals surface area contributed by atoms with Crippen LogP contribution in [0.3, 0.4) is 0 Å². The van der Waals surface area contributed by atoms with Gasteiger partial charge in [0.1, 0.15) is 5.01 Å². The van der Waals surface area contributed by atoms with Crippen molar-refractivity contribution in [3.8, 4) is 0 Å². The number of nitrogens with one attached hydrogen (secondary N) is 1. The van der Waals surface area contributed by atoms with Gasteiger partial charge in [-0.05, 0) is 33.3 Å². The number of aryl methyl sites for hydroxylation is 2. The number of thiazole rings is 1. The van der Waals surface area contributed by atoms with E-state index in [0.29, 0.717) is 5.56 Å². The van der Waals surface area contributed by atoms with Gasteiger partial charge < -0.3 is 10.4 Å². The highest BCUT2D eigenvalue weighted by molar-refractivity contribution is 7.11. The van der Waals surface area contributed by atoms with Gasteiger partial charge in [-0.25, -0.2) is 4.98 Å². The van der Waals surface area contributed by atoms with Gasteiger partial charge in [0.2, 0.25) is 0 Å².